The van der Waals surface area contributed by atoms with Crippen molar-refractivity contribution < 1.29 is 13.7 Å². The summed E-state index contributed by atoms with van der Waals surface area (Å²) in [5, 5.41) is 3.29. The number of thiazole rings is 1. The number of carbonyl (C=O) groups excluding carboxylic acids is 1. The minimum absolute atomic E-state index is 0.150. The first-order chi connectivity index (χ1) is 13.0. The van der Waals surface area contributed by atoms with Gasteiger partial charge in [0.15, 0.2) is 5.13 Å². The first kappa shape index (κ1) is 20.0. The molecule has 1 heterocycles. The largest absolute Gasteiger partial charge is 0.495 e. The molecule has 2 N–H and O–H groups in total. The standard InChI is InChI=1S/C19H25N3O3S2/c1-12-18(26-19(20-12)21-13(2)23)14-9-10-16(25-3)17(11-14)27(24)22-15-7-5-4-6-8-15/h9-11,15,22H,4-8H2,1-3H3,(H,20,21,23). The van der Waals surface area contributed by atoms with Crippen LogP contribution in [0.25, 0.3) is 10.4 Å². The lowest BCUT2D eigenvalue weighted by Crippen LogP contribution is -2.32. The van der Waals surface area contributed by atoms with E-state index in [0.717, 1.165) is 29.0 Å². The Morgan fingerprint density at radius 2 is 2.04 bits per heavy atom. The highest BCUT2D eigenvalue weighted by atomic mass is 32.2. The predicted octanol–water partition coefficient (Wildman–Crippen LogP) is 4.03. The van der Waals surface area contributed by atoms with Crippen LogP contribution < -0.4 is 14.8 Å². The lowest BCUT2D eigenvalue weighted by Gasteiger charge is -2.22. The molecule has 0 spiro atoms. The monoisotopic (exact) mass is 407 g/mol. The summed E-state index contributed by atoms with van der Waals surface area (Å²) in [7, 11) is 0.241. The molecular weight excluding hydrogens is 382 g/mol. The molecule has 2 aromatic rings. The predicted molar refractivity (Wildman–Crippen MR) is 110 cm³/mol. The summed E-state index contributed by atoms with van der Waals surface area (Å²) in [5.74, 6) is 0.452. The van der Waals surface area contributed by atoms with Gasteiger partial charge in [-0.15, -0.1) is 0 Å². The molecule has 146 valence electrons. The van der Waals surface area contributed by atoms with Crippen molar-refractivity contribution in [2.75, 3.05) is 12.4 Å². The van der Waals surface area contributed by atoms with Crippen molar-refractivity contribution in [2.45, 2.75) is 56.9 Å². The number of hydrogen-bond acceptors (Lipinski definition) is 5. The number of anilines is 1. The maximum atomic E-state index is 13.0. The zero-order chi connectivity index (χ0) is 19.4. The van der Waals surface area contributed by atoms with Crippen LogP contribution in [-0.2, 0) is 15.8 Å². The maximum Gasteiger partial charge on any atom is 0.223 e. The minimum Gasteiger partial charge on any atom is -0.495 e. The van der Waals surface area contributed by atoms with E-state index >= 15 is 0 Å². The van der Waals surface area contributed by atoms with Crippen molar-refractivity contribution in [1.29, 1.82) is 0 Å². The summed E-state index contributed by atoms with van der Waals surface area (Å²) in [6, 6.07) is 5.94. The summed E-state index contributed by atoms with van der Waals surface area (Å²) in [5.41, 5.74) is 1.74. The quantitative estimate of drug-likeness (QED) is 0.758. The Balaban J connectivity index is 1.88. The number of benzene rings is 1. The molecule has 0 bridgehead atoms. The van der Waals surface area contributed by atoms with E-state index in [1.165, 1.54) is 37.5 Å². The molecule has 1 atom stereocenters. The first-order valence-corrected chi connectivity index (χ1v) is 11.1. The second kappa shape index (κ2) is 8.95. The van der Waals surface area contributed by atoms with Gasteiger partial charge in [-0.05, 0) is 43.5 Å². The van der Waals surface area contributed by atoms with Gasteiger partial charge in [0.25, 0.3) is 0 Å². The van der Waals surface area contributed by atoms with Gasteiger partial charge in [0.2, 0.25) is 5.91 Å². The second-order valence-corrected chi connectivity index (χ2v) is 8.91. The van der Waals surface area contributed by atoms with Crippen LogP contribution >= 0.6 is 11.3 Å². The van der Waals surface area contributed by atoms with E-state index in [1.54, 1.807) is 7.11 Å². The highest BCUT2D eigenvalue weighted by Crippen LogP contribution is 2.36. The van der Waals surface area contributed by atoms with E-state index in [-0.39, 0.29) is 11.9 Å². The Labute approximate surface area is 166 Å². The third kappa shape index (κ3) is 4.94. The molecule has 1 aromatic carbocycles. The van der Waals surface area contributed by atoms with E-state index in [0.29, 0.717) is 15.8 Å². The molecule has 1 unspecified atom stereocenters. The highest BCUT2D eigenvalue weighted by molar-refractivity contribution is 7.83. The smallest absolute Gasteiger partial charge is 0.223 e. The fraction of sp³-hybridized carbons (Fsp3) is 0.474. The molecule has 1 aliphatic rings. The van der Waals surface area contributed by atoms with Crippen molar-refractivity contribution in [1.82, 2.24) is 9.71 Å². The topological polar surface area (TPSA) is 80.3 Å². The van der Waals surface area contributed by atoms with Crippen molar-refractivity contribution in [3.8, 4) is 16.2 Å². The lowest BCUT2D eigenvalue weighted by atomic mass is 9.96. The fourth-order valence-corrected chi connectivity index (χ4v) is 5.51. The molecule has 1 fully saturated rings. The van der Waals surface area contributed by atoms with E-state index in [2.05, 4.69) is 15.0 Å². The van der Waals surface area contributed by atoms with Crippen LogP contribution in [0.5, 0.6) is 5.75 Å². The average Bonchev–Trinajstić information content (AvgIpc) is 3.01. The zero-order valence-electron chi connectivity index (χ0n) is 15.8. The number of hydrogen-bond donors (Lipinski definition) is 2. The van der Waals surface area contributed by atoms with Crippen LogP contribution in [0.3, 0.4) is 0 Å². The second-order valence-electron chi connectivity index (χ2n) is 6.70. The average molecular weight is 408 g/mol. The molecule has 0 saturated heterocycles. The molecule has 6 nitrogen and oxygen atoms in total. The van der Waals surface area contributed by atoms with Crippen LogP contribution in [0.4, 0.5) is 5.13 Å². The molecule has 8 heteroatoms. The molecule has 3 rings (SSSR count). The number of aryl methyl sites for hydroxylation is 1. The number of ether oxygens (including phenoxy) is 1. The first-order valence-electron chi connectivity index (χ1n) is 9.09. The van der Waals surface area contributed by atoms with Crippen LogP contribution in [0.1, 0.15) is 44.7 Å². The van der Waals surface area contributed by atoms with Gasteiger partial charge in [0, 0.05) is 13.0 Å². The highest BCUT2D eigenvalue weighted by Gasteiger charge is 2.20. The van der Waals surface area contributed by atoms with Gasteiger partial charge in [-0.2, -0.15) is 0 Å². The Bertz CT molecular complexity index is 845. The number of aromatic nitrogens is 1. The zero-order valence-corrected chi connectivity index (χ0v) is 17.5. The van der Waals surface area contributed by atoms with Gasteiger partial charge in [0.1, 0.15) is 16.7 Å². The number of nitrogens with one attached hydrogen (secondary N) is 2. The number of nitrogens with zero attached hydrogens (tertiary/aromatic N) is 1. The number of carbonyl (C=O) groups is 1. The van der Waals surface area contributed by atoms with Crippen molar-refractivity contribution in [2.24, 2.45) is 0 Å². The Kier molecular flexibility index (Phi) is 6.62. The summed E-state index contributed by atoms with van der Waals surface area (Å²) in [6.07, 6.45) is 5.73. The molecule has 1 amide bonds. The van der Waals surface area contributed by atoms with Crippen molar-refractivity contribution in [3.05, 3.63) is 23.9 Å². The summed E-state index contributed by atoms with van der Waals surface area (Å²) in [6.45, 7) is 3.36. The van der Waals surface area contributed by atoms with E-state index in [1.807, 2.05) is 25.1 Å². The van der Waals surface area contributed by atoms with E-state index in [9.17, 15) is 9.00 Å². The summed E-state index contributed by atoms with van der Waals surface area (Å²) < 4.78 is 21.7. The van der Waals surface area contributed by atoms with Crippen LogP contribution in [0.15, 0.2) is 23.1 Å². The molecule has 0 radical (unpaired) electrons. The fourth-order valence-electron chi connectivity index (χ4n) is 3.27. The van der Waals surface area contributed by atoms with Gasteiger partial charge < -0.3 is 10.1 Å². The molecule has 1 aliphatic carbocycles. The Morgan fingerprint density at radius 3 is 2.70 bits per heavy atom. The molecule has 0 aliphatic heterocycles. The molecule has 1 saturated carbocycles. The number of methoxy groups -OCH3 is 1. The Hall–Kier alpha value is -1.77. The van der Waals surface area contributed by atoms with Gasteiger partial charge in [0.05, 0.1) is 22.6 Å². The Morgan fingerprint density at radius 1 is 1.30 bits per heavy atom. The third-order valence-corrected chi connectivity index (χ3v) is 6.97. The van der Waals surface area contributed by atoms with Crippen molar-refractivity contribution in [3.63, 3.8) is 0 Å². The summed E-state index contributed by atoms with van der Waals surface area (Å²) in [4.78, 5) is 17.3. The molecular formula is C19H25N3O3S2. The van der Waals surface area contributed by atoms with E-state index in [4.69, 9.17) is 4.74 Å². The minimum atomic E-state index is -1.35. The SMILES string of the molecule is COc1ccc(-c2sc(NC(C)=O)nc2C)cc1S(=O)NC1CCCCC1. The van der Waals surface area contributed by atoms with Crippen LogP contribution in [-0.4, -0.2) is 28.3 Å². The summed E-state index contributed by atoms with van der Waals surface area (Å²) >= 11 is 1.41. The number of rotatable bonds is 6. The maximum absolute atomic E-state index is 13.0. The molecule has 1 aromatic heterocycles. The third-order valence-electron chi connectivity index (χ3n) is 4.58. The lowest BCUT2D eigenvalue weighted by molar-refractivity contribution is -0.114. The van der Waals surface area contributed by atoms with Gasteiger partial charge in [-0.1, -0.05) is 30.6 Å². The van der Waals surface area contributed by atoms with Gasteiger partial charge in [-0.25, -0.2) is 13.9 Å². The van der Waals surface area contributed by atoms with Crippen LogP contribution in [0.2, 0.25) is 0 Å². The van der Waals surface area contributed by atoms with Crippen molar-refractivity contribution >= 4 is 33.4 Å². The normalized spacial score (nSPS) is 16.1. The van der Waals surface area contributed by atoms with Crippen LogP contribution in [0, 0.1) is 6.92 Å². The van der Waals surface area contributed by atoms with Gasteiger partial charge in [-0.3, -0.25) is 4.79 Å². The van der Waals surface area contributed by atoms with Gasteiger partial charge >= 0.3 is 0 Å². The van der Waals surface area contributed by atoms with E-state index < -0.39 is 11.0 Å². The molecule has 27 heavy (non-hydrogen) atoms. The number of amides is 1.